The molecule has 1 rings (SSSR count). The number of hydrogen-bond donors (Lipinski definition) is 1. The van der Waals surface area contributed by atoms with Crippen molar-refractivity contribution in [2.45, 2.75) is 45.6 Å². The Labute approximate surface area is 127 Å². The monoisotopic (exact) mass is 299 g/mol. The number of benzene rings is 1. The van der Waals surface area contributed by atoms with Crippen molar-refractivity contribution in [2.75, 3.05) is 20.8 Å². The number of unbranched alkanes of at least 4 members (excludes halogenated alkanes) is 2. The molecule has 0 aromatic heterocycles. The van der Waals surface area contributed by atoms with E-state index < -0.39 is 0 Å². The first-order valence-electron chi connectivity index (χ1n) is 7.32. The molecule has 0 saturated heterocycles. The van der Waals surface area contributed by atoms with Crippen molar-refractivity contribution in [1.82, 2.24) is 5.32 Å². The Kier molecular flexibility index (Phi) is 7.78. The van der Waals surface area contributed by atoms with Crippen LogP contribution in [0.1, 0.15) is 51.1 Å². The summed E-state index contributed by atoms with van der Waals surface area (Å²) in [5, 5.41) is 4.23. The maximum absolute atomic E-state index is 6.40. The second-order valence-electron chi connectivity index (χ2n) is 4.83. The van der Waals surface area contributed by atoms with Gasteiger partial charge in [0.05, 0.1) is 14.2 Å². The molecule has 0 heterocycles. The largest absolute Gasteiger partial charge is 0.493 e. The Hall–Kier alpha value is -0.930. The van der Waals surface area contributed by atoms with E-state index in [9.17, 15) is 0 Å². The quantitative estimate of drug-likeness (QED) is 0.677. The molecule has 1 N–H and O–H groups in total. The van der Waals surface area contributed by atoms with Gasteiger partial charge in [0.2, 0.25) is 0 Å². The fourth-order valence-corrected chi connectivity index (χ4v) is 2.63. The molecule has 1 atom stereocenters. The first-order chi connectivity index (χ1) is 9.67. The van der Waals surface area contributed by atoms with Gasteiger partial charge in [0.15, 0.2) is 11.5 Å². The Balaban J connectivity index is 2.99. The molecule has 1 aromatic rings. The van der Waals surface area contributed by atoms with E-state index in [1.807, 2.05) is 12.1 Å². The molecule has 0 aliphatic carbocycles. The van der Waals surface area contributed by atoms with Crippen molar-refractivity contribution in [3.63, 3.8) is 0 Å². The highest BCUT2D eigenvalue weighted by Gasteiger charge is 2.17. The maximum atomic E-state index is 6.40. The van der Waals surface area contributed by atoms with E-state index >= 15 is 0 Å². The lowest BCUT2D eigenvalue weighted by Crippen LogP contribution is -2.21. The van der Waals surface area contributed by atoms with Crippen molar-refractivity contribution in [3.05, 3.63) is 22.7 Å². The van der Waals surface area contributed by atoms with E-state index in [2.05, 4.69) is 19.2 Å². The average Bonchev–Trinajstić information content (AvgIpc) is 2.46. The lowest BCUT2D eigenvalue weighted by atomic mass is 9.99. The minimum absolute atomic E-state index is 0.263. The predicted octanol–water partition coefficient (Wildman–Crippen LogP) is 4.59. The molecule has 0 spiro atoms. The molecule has 0 saturated carbocycles. The van der Waals surface area contributed by atoms with Gasteiger partial charge in [-0.3, -0.25) is 0 Å². The van der Waals surface area contributed by atoms with Crippen molar-refractivity contribution < 1.29 is 9.47 Å². The minimum Gasteiger partial charge on any atom is -0.493 e. The highest BCUT2D eigenvalue weighted by atomic mass is 35.5. The summed E-state index contributed by atoms with van der Waals surface area (Å²) in [6.07, 6.45) is 4.74. The zero-order chi connectivity index (χ0) is 15.0. The number of rotatable bonds is 9. The summed E-state index contributed by atoms with van der Waals surface area (Å²) in [6.45, 7) is 5.24. The number of halogens is 1. The fraction of sp³-hybridized carbons (Fsp3) is 0.625. The van der Waals surface area contributed by atoms with Crippen LogP contribution in [0.25, 0.3) is 0 Å². The molecule has 0 radical (unpaired) electrons. The zero-order valence-corrected chi connectivity index (χ0v) is 13.7. The van der Waals surface area contributed by atoms with Crippen molar-refractivity contribution in [1.29, 1.82) is 0 Å². The van der Waals surface area contributed by atoms with Crippen LogP contribution in [0.3, 0.4) is 0 Å². The first-order valence-corrected chi connectivity index (χ1v) is 7.70. The van der Waals surface area contributed by atoms with Gasteiger partial charge in [0.1, 0.15) is 0 Å². The summed E-state index contributed by atoms with van der Waals surface area (Å²) in [5.41, 5.74) is 1.09. The smallest absolute Gasteiger partial charge is 0.162 e. The Morgan fingerprint density at radius 3 is 2.30 bits per heavy atom. The van der Waals surface area contributed by atoms with E-state index in [4.69, 9.17) is 21.1 Å². The Bertz CT molecular complexity index is 410. The molecule has 1 aromatic carbocycles. The van der Waals surface area contributed by atoms with E-state index in [1.54, 1.807) is 14.2 Å². The molecule has 0 bridgehead atoms. The van der Waals surface area contributed by atoms with Gasteiger partial charge in [-0.15, -0.1) is 0 Å². The molecule has 4 heteroatoms. The predicted molar refractivity (Wildman–Crippen MR) is 85.1 cm³/mol. The Morgan fingerprint density at radius 1 is 1.10 bits per heavy atom. The van der Waals surface area contributed by atoms with E-state index in [1.165, 1.54) is 19.3 Å². The van der Waals surface area contributed by atoms with Crippen LogP contribution in [-0.2, 0) is 0 Å². The molecular formula is C16H26ClNO2. The third kappa shape index (κ3) is 4.57. The van der Waals surface area contributed by atoms with Crippen LogP contribution < -0.4 is 14.8 Å². The first kappa shape index (κ1) is 17.1. The SMILES string of the molecule is CCCCCC(NCC)c1cc(OC)c(OC)cc1Cl. The minimum atomic E-state index is 0.263. The molecule has 114 valence electrons. The number of hydrogen-bond acceptors (Lipinski definition) is 3. The summed E-state index contributed by atoms with van der Waals surface area (Å²) in [6, 6.07) is 4.08. The molecule has 0 aliphatic heterocycles. The second-order valence-corrected chi connectivity index (χ2v) is 5.24. The van der Waals surface area contributed by atoms with E-state index in [0.717, 1.165) is 29.3 Å². The standard InChI is InChI=1S/C16H26ClNO2/c1-5-7-8-9-14(18-6-2)12-10-15(19-3)16(20-4)11-13(12)17/h10-11,14,18H,5-9H2,1-4H3. The summed E-state index contributed by atoms with van der Waals surface area (Å²) in [5.74, 6) is 1.40. The molecular weight excluding hydrogens is 274 g/mol. The lowest BCUT2D eigenvalue weighted by molar-refractivity contribution is 0.353. The van der Waals surface area contributed by atoms with Crippen LogP contribution in [0.2, 0.25) is 5.02 Å². The molecule has 3 nitrogen and oxygen atoms in total. The number of nitrogens with one attached hydrogen (secondary N) is 1. The van der Waals surface area contributed by atoms with Crippen LogP contribution in [0, 0.1) is 0 Å². The normalized spacial score (nSPS) is 12.2. The molecule has 1 unspecified atom stereocenters. The summed E-state index contributed by atoms with van der Waals surface area (Å²) in [4.78, 5) is 0. The third-order valence-corrected chi connectivity index (χ3v) is 3.75. The van der Waals surface area contributed by atoms with Gasteiger partial charge in [-0.05, 0) is 24.6 Å². The zero-order valence-electron chi connectivity index (χ0n) is 13.0. The van der Waals surface area contributed by atoms with Crippen LogP contribution in [-0.4, -0.2) is 20.8 Å². The van der Waals surface area contributed by atoms with Gasteiger partial charge in [-0.2, -0.15) is 0 Å². The van der Waals surface area contributed by atoms with Gasteiger partial charge >= 0.3 is 0 Å². The van der Waals surface area contributed by atoms with Crippen LogP contribution in [0.5, 0.6) is 11.5 Å². The topological polar surface area (TPSA) is 30.5 Å². The fourth-order valence-electron chi connectivity index (χ4n) is 2.35. The molecule has 0 fully saturated rings. The molecule has 20 heavy (non-hydrogen) atoms. The van der Waals surface area contributed by atoms with Gasteiger partial charge in [-0.25, -0.2) is 0 Å². The summed E-state index contributed by atoms with van der Waals surface area (Å²) in [7, 11) is 3.27. The lowest BCUT2D eigenvalue weighted by Gasteiger charge is -2.21. The highest BCUT2D eigenvalue weighted by Crippen LogP contribution is 2.37. The summed E-state index contributed by atoms with van der Waals surface area (Å²) < 4.78 is 10.7. The van der Waals surface area contributed by atoms with Crippen LogP contribution in [0.15, 0.2) is 12.1 Å². The Morgan fingerprint density at radius 2 is 1.75 bits per heavy atom. The van der Waals surface area contributed by atoms with Crippen molar-refractivity contribution >= 4 is 11.6 Å². The molecule has 0 aliphatic rings. The van der Waals surface area contributed by atoms with Crippen LogP contribution >= 0.6 is 11.6 Å². The number of methoxy groups -OCH3 is 2. The highest BCUT2D eigenvalue weighted by molar-refractivity contribution is 6.31. The van der Waals surface area contributed by atoms with Crippen molar-refractivity contribution in [2.24, 2.45) is 0 Å². The average molecular weight is 300 g/mol. The van der Waals surface area contributed by atoms with Gasteiger partial charge < -0.3 is 14.8 Å². The molecule has 0 amide bonds. The van der Waals surface area contributed by atoms with Gasteiger partial charge in [0.25, 0.3) is 0 Å². The maximum Gasteiger partial charge on any atom is 0.162 e. The summed E-state index contributed by atoms with van der Waals surface area (Å²) >= 11 is 6.40. The van der Waals surface area contributed by atoms with E-state index in [-0.39, 0.29) is 6.04 Å². The second kappa shape index (κ2) is 9.09. The van der Waals surface area contributed by atoms with Gasteiger partial charge in [0, 0.05) is 17.1 Å². The number of ether oxygens (including phenoxy) is 2. The van der Waals surface area contributed by atoms with E-state index in [0.29, 0.717) is 5.75 Å². The third-order valence-electron chi connectivity index (χ3n) is 3.43. The van der Waals surface area contributed by atoms with Gasteiger partial charge in [-0.1, -0.05) is 44.7 Å². The van der Waals surface area contributed by atoms with Crippen LogP contribution in [0.4, 0.5) is 0 Å². The van der Waals surface area contributed by atoms with Crippen molar-refractivity contribution in [3.8, 4) is 11.5 Å².